The predicted octanol–water partition coefficient (Wildman–Crippen LogP) is 1.68. The molecule has 0 aromatic carbocycles. The lowest BCUT2D eigenvalue weighted by atomic mass is 10.1. The average molecular weight is 350 g/mol. The van der Waals surface area contributed by atoms with Gasteiger partial charge in [-0.25, -0.2) is 4.79 Å². The predicted molar refractivity (Wildman–Crippen MR) is 69.6 cm³/mol. The molecular weight excluding hydrogens is 335 g/mol. The third-order valence-corrected chi connectivity index (χ3v) is 3.70. The maximum absolute atomic E-state index is 11.5. The summed E-state index contributed by atoms with van der Waals surface area (Å²) in [5.41, 5.74) is 2.19. The lowest BCUT2D eigenvalue weighted by molar-refractivity contribution is -0.156. The van der Waals surface area contributed by atoms with Crippen LogP contribution >= 0.6 is 22.6 Å². The summed E-state index contributed by atoms with van der Waals surface area (Å²) in [6.45, 7) is 4.58. The summed E-state index contributed by atoms with van der Waals surface area (Å²) in [6.07, 6.45) is 0.0356. The molecule has 2 rings (SSSR count). The van der Waals surface area contributed by atoms with Crippen molar-refractivity contribution >= 4 is 28.6 Å². The molecule has 5 nitrogen and oxygen atoms in total. The van der Waals surface area contributed by atoms with Gasteiger partial charge in [0.1, 0.15) is 3.70 Å². The van der Waals surface area contributed by atoms with Gasteiger partial charge in [0.25, 0.3) is 0 Å². The number of methoxy groups -OCH3 is 1. The Bertz CT molecular complexity index is 442. The van der Waals surface area contributed by atoms with E-state index in [1.54, 1.807) is 0 Å². The Hall–Kier alpha value is -0.630. The Kier molecular flexibility index (Phi) is 3.72. The van der Waals surface area contributed by atoms with Gasteiger partial charge in [-0.1, -0.05) is 0 Å². The molecule has 0 amide bonds. The first kappa shape index (κ1) is 12.8. The van der Waals surface area contributed by atoms with Crippen LogP contribution in [0.5, 0.6) is 0 Å². The van der Waals surface area contributed by atoms with Crippen LogP contribution in [0.3, 0.4) is 0 Å². The zero-order chi connectivity index (χ0) is 12.6. The van der Waals surface area contributed by atoms with Crippen LogP contribution < -0.4 is 0 Å². The molecule has 0 radical (unpaired) electrons. The first-order valence-corrected chi connectivity index (χ1v) is 6.57. The highest BCUT2D eigenvalue weighted by Crippen LogP contribution is 2.27. The van der Waals surface area contributed by atoms with E-state index in [9.17, 15) is 4.79 Å². The number of nitrogens with zero attached hydrogens (tertiary/aromatic N) is 2. The lowest BCUT2D eigenvalue weighted by Crippen LogP contribution is -2.32. The zero-order valence-corrected chi connectivity index (χ0v) is 12.2. The number of rotatable bonds is 2. The normalized spacial score (nSPS) is 19.2. The van der Waals surface area contributed by atoms with E-state index in [1.165, 1.54) is 7.11 Å². The first-order chi connectivity index (χ1) is 8.04. The number of hydrogen-bond donors (Lipinski definition) is 0. The molecule has 0 N–H and O–H groups in total. The topological polar surface area (TPSA) is 53.3 Å². The maximum atomic E-state index is 11.5. The minimum atomic E-state index is -0.502. The smallest absolute Gasteiger partial charge is 0.335 e. The monoisotopic (exact) mass is 350 g/mol. The van der Waals surface area contributed by atoms with Crippen LogP contribution in [-0.2, 0) is 27.3 Å². The van der Waals surface area contributed by atoms with Crippen molar-refractivity contribution in [1.29, 1.82) is 0 Å². The molecule has 0 fully saturated rings. The highest BCUT2D eigenvalue weighted by Gasteiger charge is 2.31. The molecule has 0 bridgehead atoms. The van der Waals surface area contributed by atoms with Crippen molar-refractivity contribution in [1.82, 2.24) is 9.78 Å². The van der Waals surface area contributed by atoms with Gasteiger partial charge in [0.05, 0.1) is 13.7 Å². The molecule has 94 valence electrons. The molecule has 1 unspecified atom stereocenters. The van der Waals surface area contributed by atoms with Crippen LogP contribution in [0.2, 0.25) is 0 Å². The molecule has 1 aromatic heterocycles. The molecule has 1 aliphatic heterocycles. The van der Waals surface area contributed by atoms with Crippen molar-refractivity contribution < 1.29 is 14.3 Å². The second-order valence-corrected chi connectivity index (χ2v) is 5.30. The van der Waals surface area contributed by atoms with Crippen LogP contribution in [0, 0.1) is 3.70 Å². The minimum absolute atomic E-state index is 0.281. The van der Waals surface area contributed by atoms with E-state index in [2.05, 4.69) is 41.5 Å². The summed E-state index contributed by atoms with van der Waals surface area (Å²) in [5, 5.41) is 4.48. The number of ether oxygens (including phenoxy) is 2. The van der Waals surface area contributed by atoms with Crippen LogP contribution in [-0.4, -0.2) is 29.0 Å². The molecule has 1 atom stereocenters. The second-order valence-electron chi connectivity index (χ2n) is 4.28. The van der Waals surface area contributed by atoms with Gasteiger partial charge in [0.15, 0.2) is 6.10 Å². The van der Waals surface area contributed by atoms with E-state index < -0.39 is 6.10 Å². The number of halogens is 1. The molecule has 1 aliphatic rings. The summed E-state index contributed by atoms with van der Waals surface area (Å²) in [6, 6.07) is 0.281. The van der Waals surface area contributed by atoms with Crippen LogP contribution in [0.1, 0.15) is 31.1 Å². The average Bonchev–Trinajstić information content (AvgIpc) is 2.65. The first-order valence-electron chi connectivity index (χ1n) is 5.49. The van der Waals surface area contributed by atoms with Crippen molar-refractivity contribution in [2.24, 2.45) is 0 Å². The van der Waals surface area contributed by atoms with E-state index >= 15 is 0 Å². The summed E-state index contributed by atoms with van der Waals surface area (Å²) in [5.74, 6) is -0.317. The van der Waals surface area contributed by atoms with Gasteiger partial charge in [-0.05, 0) is 36.4 Å². The number of carbonyl (C=O) groups excluding carboxylic acids is 1. The molecule has 1 aromatic rings. The lowest BCUT2D eigenvalue weighted by Gasteiger charge is -2.23. The molecular formula is C11H15IN2O3. The number of aromatic nitrogens is 2. The molecule has 0 saturated heterocycles. The van der Waals surface area contributed by atoms with Crippen molar-refractivity contribution in [3.05, 3.63) is 15.0 Å². The number of fused-ring (bicyclic) bond motifs is 1. The molecule has 0 spiro atoms. The summed E-state index contributed by atoms with van der Waals surface area (Å²) in [7, 11) is 1.38. The summed E-state index contributed by atoms with van der Waals surface area (Å²) in [4.78, 5) is 11.5. The van der Waals surface area contributed by atoms with Crippen molar-refractivity contribution in [3.63, 3.8) is 0 Å². The highest BCUT2D eigenvalue weighted by atomic mass is 127. The van der Waals surface area contributed by atoms with Gasteiger partial charge < -0.3 is 9.47 Å². The number of esters is 1. The second kappa shape index (κ2) is 4.93. The maximum Gasteiger partial charge on any atom is 0.335 e. The van der Waals surface area contributed by atoms with Crippen molar-refractivity contribution in [3.8, 4) is 0 Å². The van der Waals surface area contributed by atoms with Gasteiger partial charge in [-0.2, -0.15) is 5.10 Å². The Morgan fingerprint density at radius 3 is 2.94 bits per heavy atom. The van der Waals surface area contributed by atoms with Gasteiger partial charge in [-0.15, -0.1) is 0 Å². The van der Waals surface area contributed by atoms with Crippen LogP contribution in [0.4, 0.5) is 0 Å². The van der Waals surface area contributed by atoms with Crippen LogP contribution in [0.15, 0.2) is 0 Å². The quantitative estimate of drug-likeness (QED) is 0.602. The van der Waals surface area contributed by atoms with E-state index in [0.29, 0.717) is 13.0 Å². The van der Waals surface area contributed by atoms with E-state index in [0.717, 1.165) is 15.0 Å². The van der Waals surface area contributed by atoms with Gasteiger partial charge in [-0.3, -0.25) is 4.68 Å². The molecule has 17 heavy (non-hydrogen) atoms. The summed E-state index contributed by atoms with van der Waals surface area (Å²) >= 11 is 2.20. The Morgan fingerprint density at radius 2 is 2.35 bits per heavy atom. The zero-order valence-electron chi connectivity index (χ0n) is 10.1. The standard InChI is InChI=1S/C11H15IN2O3/c1-6(2)14-8-4-9(11(15)16-3)17-5-7(8)10(12)13-14/h6,9H,4-5H2,1-3H3. The number of carbonyl (C=O) groups is 1. The third kappa shape index (κ3) is 2.33. The van der Waals surface area contributed by atoms with Crippen LogP contribution in [0.25, 0.3) is 0 Å². The Labute approximate surface area is 114 Å². The highest BCUT2D eigenvalue weighted by molar-refractivity contribution is 14.1. The fourth-order valence-electron chi connectivity index (χ4n) is 1.96. The van der Waals surface area contributed by atoms with Crippen molar-refractivity contribution in [2.45, 2.75) is 39.0 Å². The molecule has 0 aliphatic carbocycles. The third-order valence-electron chi connectivity index (χ3n) is 2.83. The molecule has 6 heteroatoms. The fraction of sp³-hybridized carbons (Fsp3) is 0.636. The fourth-order valence-corrected chi connectivity index (χ4v) is 2.66. The van der Waals surface area contributed by atoms with Crippen molar-refractivity contribution in [2.75, 3.05) is 7.11 Å². The largest absolute Gasteiger partial charge is 0.467 e. The van der Waals surface area contributed by atoms with E-state index in [4.69, 9.17) is 9.47 Å². The minimum Gasteiger partial charge on any atom is -0.467 e. The molecule has 2 heterocycles. The Morgan fingerprint density at radius 1 is 1.65 bits per heavy atom. The number of hydrogen-bond acceptors (Lipinski definition) is 4. The van der Waals surface area contributed by atoms with E-state index in [-0.39, 0.29) is 12.0 Å². The van der Waals surface area contributed by atoms with Gasteiger partial charge in [0, 0.05) is 23.7 Å². The van der Waals surface area contributed by atoms with Gasteiger partial charge in [0.2, 0.25) is 0 Å². The van der Waals surface area contributed by atoms with Gasteiger partial charge >= 0.3 is 5.97 Å². The molecule has 0 saturated carbocycles. The summed E-state index contributed by atoms with van der Waals surface area (Å²) < 4.78 is 13.1. The Balaban J connectivity index is 2.32. The SMILES string of the molecule is COC(=O)C1Cc2c(c(I)nn2C(C)C)CO1. The van der Waals surface area contributed by atoms with E-state index in [1.807, 2.05) is 4.68 Å².